The minimum atomic E-state index is -1.43. The number of aliphatic hydroxyl groups excluding tert-OH is 1. The summed E-state index contributed by atoms with van der Waals surface area (Å²) in [7, 11) is 0. The number of ether oxygens (including phenoxy) is 3. The second kappa shape index (κ2) is 10.9. The Balaban J connectivity index is 1.29. The van der Waals surface area contributed by atoms with Crippen LogP contribution in [0.25, 0.3) is 11.1 Å². The van der Waals surface area contributed by atoms with Crippen LogP contribution in [0, 0.1) is 6.92 Å². The lowest BCUT2D eigenvalue weighted by atomic mass is 9.96. The first kappa shape index (κ1) is 24.6. The minimum absolute atomic E-state index is 0.0340. The van der Waals surface area contributed by atoms with Gasteiger partial charge in [0, 0.05) is 29.5 Å². The third-order valence-corrected chi connectivity index (χ3v) is 7.90. The van der Waals surface area contributed by atoms with Crippen LogP contribution in [0.5, 0.6) is 11.6 Å². The van der Waals surface area contributed by atoms with Crippen molar-refractivity contribution in [3.8, 4) is 22.8 Å². The van der Waals surface area contributed by atoms with Crippen molar-refractivity contribution in [2.75, 3.05) is 19.8 Å². The predicted octanol–water partition coefficient (Wildman–Crippen LogP) is 5.60. The molecule has 2 aliphatic rings. The number of hydrogen-bond acceptors (Lipinski definition) is 6. The largest absolute Gasteiger partial charge is 0.591 e. The summed E-state index contributed by atoms with van der Waals surface area (Å²) >= 11 is -1.43. The molecule has 1 aliphatic carbocycles. The quantitative estimate of drug-likeness (QED) is 0.300. The van der Waals surface area contributed by atoms with E-state index in [1.54, 1.807) is 0 Å². The molecule has 0 radical (unpaired) electrons. The summed E-state index contributed by atoms with van der Waals surface area (Å²) in [4.78, 5) is 4.66. The Morgan fingerprint density at radius 3 is 2.61 bits per heavy atom. The van der Waals surface area contributed by atoms with Crippen molar-refractivity contribution in [2.45, 2.75) is 44.5 Å². The molecule has 1 aromatic heterocycles. The van der Waals surface area contributed by atoms with Gasteiger partial charge in [0.1, 0.15) is 29.8 Å². The number of fused-ring (bicyclic) bond motifs is 1. The fourth-order valence-corrected chi connectivity index (χ4v) is 5.94. The molecule has 3 atom stereocenters. The average molecular weight is 507 g/mol. The number of benzene rings is 2. The van der Waals surface area contributed by atoms with Crippen LogP contribution in [-0.2, 0) is 22.5 Å². The predicted molar refractivity (Wildman–Crippen MR) is 140 cm³/mol. The second-order valence-corrected chi connectivity index (χ2v) is 10.2. The van der Waals surface area contributed by atoms with Gasteiger partial charge >= 0.3 is 0 Å². The molecule has 0 fully saturated rings. The molecule has 2 unspecified atom stereocenters. The van der Waals surface area contributed by atoms with E-state index in [0.29, 0.717) is 32.1 Å². The maximum atomic E-state index is 12.1. The summed E-state index contributed by atoms with van der Waals surface area (Å²) in [6.45, 7) is 5.68. The molecule has 0 bridgehead atoms. The van der Waals surface area contributed by atoms with E-state index in [0.717, 1.165) is 35.4 Å². The molecule has 1 N–H and O–H groups in total. The molecule has 2 aromatic carbocycles. The van der Waals surface area contributed by atoms with Crippen LogP contribution >= 0.6 is 0 Å². The molecule has 0 saturated heterocycles. The third-order valence-electron chi connectivity index (χ3n) is 6.58. The number of nitrogens with zero attached hydrogens (tertiary/aromatic N) is 2. The third kappa shape index (κ3) is 5.21. The van der Waals surface area contributed by atoms with Crippen molar-refractivity contribution in [1.29, 1.82) is 0 Å². The van der Waals surface area contributed by atoms with Crippen molar-refractivity contribution in [3.05, 3.63) is 77.0 Å². The summed E-state index contributed by atoms with van der Waals surface area (Å²) in [5.41, 5.74) is 6.59. The summed E-state index contributed by atoms with van der Waals surface area (Å²) in [5, 5.41) is 9.27. The average Bonchev–Trinajstić information content (AvgIpc) is 3.44. The molecular formula is C28H30N2O5S. The van der Waals surface area contributed by atoms with Crippen LogP contribution in [0.2, 0.25) is 0 Å². The maximum absolute atomic E-state index is 12.1. The van der Waals surface area contributed by atoms with Gasteiger partial charge in [0.25, 0.3) is 0 Å². The normalized spacial score (nSPS) is 20.8. The Hall–Kier alpha value is -3.07. The molecule has 7 nitrogen and oxygen atoms in total. The molecule has 0 saturated carbocycles. The van der Waals surface area contributed by atoms with Crippen LogP contribution in [0.1, 0.15) is 53.5 Å². The Bertz CT molecular complexity index is 1250. The lowest BCUT2D eigenvalue weighted by Gasteiger charge is -2.17. The van der Waals surface area contributed by atoms with E-state index in [-0.39, 0.29) is 17.3 Å². The van der Waals surface area contributed by atoms with Crippen molar-refractivity contribution < 1.29 is 23.9 Å². The first-order valence-electron chi connectivity index (χ1n) is 12.3. The van der Waals surface area contributed by atoms with E-state index in [4.69, 9.17) is 14.2 Å². The van der Waals surface area contributed by atoms with E-state index in [9.17, 15) is 9.66 Å². The summed E-state index contributed by atoms with van der Waals surface area (Å²) in [6, 6.07) is 18.0. The monoisotopic (exact) mass is 506 g/mol. The van der Waals surface area contributed by atoms with Gasteiger partial charge in [0.05, 0.1) is 13.0 Å². The molecule has 5 rings (SSSR count). The van der Waals surface area contributed by atoms with Crippen molar-refractivity contribution in [3.63, 3.8) is 0 Å². The van der Waals surface area contributed by atoms with Crippen molar-refractivity contribution in [2.24, 2.45) is 4.40 Å². The number of hydrogen-bond donors (Lipinski definition) is 1. The van der Waals surface area contributed by atoms with E-state index in [1.807, 2.05) is 44.2 Å². The molecule has 0 spiro atoms. The van der Waals surface area contributed by atoms with Crippen LogP contribution < -0.4 is 9.47 Å². The molecule has 8 heteroatoms. The van der Waals surface area contributed by atoms with Crippen molar-refractivity contribution >= 4 is 17.3 Å². The van der Waals surface area contributed by atoms with Gasteiger partial charge in [-0.25, -0.2) is 4.98 Å². The molecule has 1 aliphatic heterocycles. The van der Waals surface area contributed by atoms with E-state index >= 15 is 0 Å². The fraction of sp³-hybridized carbons (Fsp3) is 0.357. The number of aromatic nitrogens is 1. The van der Waals surface area contributed by atoms with Crippen LogP contribution in [0.3, 0.4) is 0 Å². The van der Waals surface area contributed by atoms with Gasteiger partial charge in [-0.3, -0.25) is 0 Å². The lowest BCUT2D eigenvalue weighted by molar-refractivity contribution is 0.108. The topological polar surface area (TPSA) is 96.2 Å². The first-order valence-corrected chi connectivity index (χ1v) is 13.4. The summed E-state index contributed by atoms with van der Waals surface area (Å²) in [6.07, 6.45) is 2.10. The Kier molecular flexibility index (Phi) is 7.46. The van der Waals surface area contributed by atoms with Gasteiger partial charge < -0.3 is 23.9 Å². The standard InChI is InChI=1S/C28H30N2O5S/c1-3-33-15-16-34-28-14-12-21(18(2)29-28)22-5-4-6-24-23(22)11-13-25(24)35-20-9-7-19(8-10-20)26-17-27(31)30-36(26)32/h4-10,12,14,25-26H,3,11,13,15-17H2,1-2H3,(H,30,31)/t25-,26?,36?/m1/s1. The number of aliphatic hydroxyl groups is 1. The molecule has 188 valence electrons. The Labute approximate surface area is 214 Å². The van der Waals surface area contributed by atoms with Gasteiger partial charge in [0.2, 0.25) is 11.8 Å². The second-order valence-electron chi connectivity index (χ2n) is 8.89. The zero-order valence-electron chi connectivity index (χ0n) is 20.5. The maximum Gasteiger partial charge on any atom is 0.240 e. The first-order chi connectivity index (χ1) is 17.5. The van der Waals surface area contributed by atoms with E-state index in [2.05, 4.69) is 33.6 Å². The van der Waals surface area contributed by atoms with Crippen molar-refractivity contribution in [1.82, 2.24) is 4.98 Å². The SMILES string of the molecule is CCOCCOc1ccc(-c2cccc3c2CC[C@H]3Oc2ccc(C3CC(O)=N[S+]3[O-])cc2)c(C)n1. The number of aryl methyl sites for hydroxylation is 1. The Morgan fingerprint density at radius 1 is 1.06 bits per heavy atom. The smallest absolute Gasteiger partial charge is 0.240 e. The number of rotatable bonds is 9. The molecule has 2 heterocycles. The molecular weight excluding hydrogens is 476 g/mol. The molecule has 0 amide bonds. The van der Waals surface area contributed by atoms with Gasteiger partial charge in [0.15, 0.2) is 5.25 Å². The van der Waals surface area contributed by atoms with Crippen LogP contribution in [0.15, 0.2) is 59.0 Å². The van der Waals surface area contributed by atoms with Gasteiger partial charge in [-0.1, -0.05) is 30.3 Å². The zero-order chi connectivity index (χ0) is 25.1. The lowest BCUT2D eigenvalue weighted by Crippen LogP contribution is -2.07. The summed E-state index contributed by atoms with van der Waals surface area (Å²) in [5.74, 6) is 1.32. The highest BCUT2D eigenvalue weighted by molar-refractivity contribution is 7.90. The Morgan fingerprint density at radius 2 is 1.89 bits per heavy atom. The van der Waals surface area contributed by atoms with E-state index < -0.39 is 11.4 Å². The van der Waals surface area contributed by atoms with Gasteiger partial charge in [-0.05, 0) is 66.0 Å². The van der Waals surface area contributed by atoms with Gasteiger partial charge in [-0.15, -0.1) is 0 Å². The highest BCUT2D eigenvalue weighted by Crippen LogP contribution is 2.41. The fourth-order valence-electron chi connectivity index (χ4n) is 4.85. The summed E-state index contributed by atoms with van der Waals surface area (Å²) < 4.78 is 33.2. The molecule has 3 aromatic rings. The zero-order valence-corrected chi connectivity index (χ0v) is 21.3. The van der Waals surface area contributed by atoms with Crippen LogP contribution in [0.4, 0.5) is 0 Å². The minimum Gasteiger partial charge on any atom is -0.591 e. The van der Waals surface area contributed by atoms with E-state index in [1.165, 1.54) is 16.7 Å². The molecule has 36 heavy (non-hydrogen) atoms. The van der Waals surface area contributed by atoms with Crippen LogP contribution in [-0.4, -0.2) is 40.4 Å². The highest BCUT2D eigenvalue weighted by Gasteiger charge is 2.34. The highest BCUT2D eigenvalue weighted by atomic mass is 32.2. The number of pyridine rings is 1. The van der Waals surface area contributed by atoms with Gasteiger partial charge in [-0.2, -0.15) is 0 Å².